The molecule has 0 saturated heterocycles. The van der Waals surface area contributed by atoms with Gasteiger partial charge in [-0.1, -0.05) is 12.1 Å². The maximum atomic E-state index is 10.9. The zero-order valence-electron chi connectivity index (χ0n) is 8.83. The number of phenols is 1. The van der Waals surface area contributed by atoms with Crippen LogP contribution < -0.4 is 0 Å². The third-order valence-corrected chi connectivity index (χ3v) is 2.27. The van der Waals surface area contributed by atoms with Gasteiger partial charge in [-0.15, -0.1) is 0 Å². The van der Waals surface area contributed by atoms with E-state index in [1.54, 1.807) is 0 Å². The van der Waals surface area contributed by atoms with Gasteiger partial charge in [0.2, 0.25) is 0 Å². The molecule has 0 aliphatic carbocycles. The highest BCUT2D eigenvalue weighted by Gasteiger charge is 2.38. The van der Waals surface area contributed by atoms with Crippen LogP contribution in [0.3, 0.4) is 0 Å². The number of carbonyl (C=O) groups is 2. The van der Waals surface area contributed by atoms with Crippen molar-refractivity contribution in [1.29, 1.82) is 0 Å². The van der Waals surface area contributed by atoms with E-state index in [-0.39, 0.29) is 12.2 Å². The first-order valence-electron chi connectivity index (χ1n) is 4.79. The average molecular weight is 240 g/mol. The van der Waals surface area contributed by atoms with Crippen LogP contribution in [0.15, 0.2) is 24.3 Å². The number of carboxylic acid groups (broad SMARTS) is 2. The van der Waals surface area contributed by atoms with Gasteiger partial charge in [0.15, 0.2) is 5.60 Å². The molecular weight excluding hydrogens is 228 g/mol. The van der Waals surface area contributed by atoms with Crippen molar-refractivity contribution >= 4 is 11.9 Å². The standard InChI is InChI=1S/C11H12O6/c12-8-3-1-7(2-4-8)5-11(17,10(15)16)6-9(13)14/h1-4,12,17H,5-6H2,(H,13,14)(H,15,16). The highest BCUT2D eigenvalue weighted by molar-refractivity contribution is 5.84. The van der Waals surface area contributed by atoms with E-state index >= 15 is 0 Å². The number of hydrogen-bond acceptors (Lipinski definition) is 4. The third-order valence-electron chi connectivity index (χ3n) is 2.27. The number of aliphatic carboxylic acids is 2. The summed E-state index contributed by atoms with van der Waals surface area (Å²) in [5.74, 6) is -2.98. The number of carboxylic acids is 2. The lowest BCUT2D eigenvalue weighted by atomic mass is 9.91. The molecule has 1 aromatic carbocycles. The SMILES string of the molecule is O=C(O)CC(O)(Cc1ccc(O)cc1)C(=O)O. The number of rotatable bonds is 5. The fraction of sp³-hybridized carbons (Fsp3) is 0.273. The van der Waals surface area contributed by atoms with Crippen LogP contribution in [0.25, 0.3) is 0 Å². The van der Waals surface area contributed by atoms with Crippen LogP contribution in [0.5, 0.6) is 5.75 Å². The van der Waals surface area contributed by atoms with E-state index in [1.165, 1.54) is 24.3 Å². The summed E-state index contributed by atoms with van der Waals surface area (Å²) in [6.07, 6.45) is -1.22. The molecule has 0 aliphatic rings. The molecule has 4 N–H and O–H groups in total. The first-order chi connectivity index (χ1) is 7.83. The Morgan fingerprint density at radius 3 is 2.06 bits per heavy atom. The molecule has 1 atom stereocenters. The van der Waals surface area contributed by atoms with Crippen molar-refractivity contribution in [1.82, 2.24) is 0 Å². The predicted molar refractivity (Wildman–Crippen MR) is 56.6 cm³/mol. The molecule has 0 aliphatic heterocycles. The van der Waals surface area contributed by atoms with E-state index in [0.29, 0.717) is 5.56 Å². The highest BCUT2D eigenvalue weighted by Crippen LogP contribution is 2.20. The zero-order chi connectivity index (χ0) is 13.1. The maximum absolute atomic E-state index is 10.9. The molecule has 1 unspecified atom stereocenters. The summed E-state index contributed by atoms with van der Waals surface area (Å²) in [6.45, 7) is 0. The molecule has 17 heavy (non-hydrogen) atoms. The van der Waals surface area contributed by atoms with Crippen molar-refractivity contribution in [2.75, 3.05) is 0 Å². The summed E-state index contributed by atoms with van der Waals surface area (Å²) in [6, 6.07) is 5.51. The fourth-order valence-electron chi connectivity index (χ4n) is 1.42. The molecule has 6 heteroatoms. The third kappa shape index (κ3) is 3.46. The quantitative estimate of drug-likeness (QED) is 0.585. The average Bonchev–Trinajstić information content (AvgIpc) is 2.20. The van der Waals surface area contributed by atoms with E-state index in [4.69, 9.17) is 15.3 Å². The Labute approximate surface area is 96.8 Å². The van der Waals surface area contributed by atoms with Crippen LogP contribution in [0.4, 0.5) is 0 Å². The maximum Gasteiger partial charge on any atom is 0.336 e. The first-order valence-corrected chi connectivity index (χ1v) is 4.79. The van der Waals surface area contributed by atoms with E-state index < -0.39 is 24.0 Å². The van der Waals surface area contributed by atoms with Gasteiger partial charge < -0.3 is 20.4 Å². The second-order valence-corrected chi connectivity index (χ2v) is 3.75. The van der Waals surface area contributed by atoms with Crippen LogP contribution in [0.1, 0.15) is 12.0 Å². The Bertz CT molecular complexity index is 424. The first kappa shape index (κ1) is 13.0. The lowest BCUT2D eigenvalue weighted by molar-refractivity contribution is -0.165. The Kier molecular flexibility index (Phi) is 3.69. The second kappa shape index (κ2) is 4.84. The Morgan fingerprint density at radius 2 is 1.65 bits per heavy atom. The topological polar surface area (TPSA) is 115 Å². The molecule has 6 nitrogen and oxygen atoms in total. The minimum Gasteiger partial charge on any atom is -0.508 e. The lowest BCUT2D eigenvalue weighted by Gasteiger charge is -2.21. The molecule has 0 bridgehead atoms. The summed E-state index contributed by atoms with van der Waals surface area (Å²) >= 11 is 0. The molecule has 1 aromatic rings. The second-order valence-electron chi connectivity index (χ2n) is 3.75. The number of aliphatic hydroxyl groups is 1. The van der Waals surface area contributed by atoms with Crippen LogP contribution in [0.2, 0.25) is 0 Å². The van der Waals surface area contributed by atoms with E-state index in [0.717, 1.165) is 0 Å². The molecule has 0 amide bonds. The van der Waals surface area contributed by atoms with Gasteiger partial charge in [-0.25, -0.2) is 4.79 Å². The molecule has 0 spiro atoms. The number of benzene rings is 1. The van der Waals surface area contributed by atoms with Crippen molar-refractivity contribution in [3.05, 3.63) is 29.8 Å². The minimum atomic E-state index is -2.34. The minimum absolute atomic E-state index is 0.00542. The number of phenolic OH excluding ortho intramolecular Hbond substituents is 1. The predicted octanol–water partition coefficient (Wildman–Crippen LogP) is 0.225. The molecule has 92 valence electrons. The van der Waals surface area contributed by atoms with Crippen molar-refractivity contribution in [3.63, 3.8) is 0 Å². The molecule has 0 heterocycles. The summed E-state index contributed by atoms with van der Waals surface area (Å²) in [5.41, 5.74) is -1.92. The zero-order valence-corrected chi connectivity index (χ0v) is 8.83. The molecule has 0 radical (unpaired) electrons. The molecular formula is C11H12O6. The van der Waals surface area contributed by atoms with Crippen LogP contribution in [0, 0.1) is 0 Å². The van der Waals surface area contributed by atoms with Gasteiger partial charge in [-0.2, -0.15) is 0 Å². The van der Waals surface area contributed by atoms with Gasteiger partial charge in [-0.3, -0.25) is 4.79 Å². The molecule has 0 fully saturated rings. The summed E-state index contributed by atoms with van der Waals surface area (Å²) in [4.78, 5) is 21.4. The summed E-state index contributed by atoms with van der Waals surface area (Å²) in [7, 11) is 0. The largest absolute Gasteiger partial charge is 0.508 e. The number of hydrogen-bond donors (Lipinski definition) is 4. The van der Waals surface area contributed by atoms with E-state index in [2.05, 4.69) is 0 Å². The van der Waals surface area contributed by atoms with Crippen molar-refractivity contribution in [2.24, 2.45) is 0 Å². The monoisotopic (exact) mass is 240 g/mol. The van der Waals surface area contributed by atoms with Gasteiger partial charge >= 0.3 is 11.9 Å². The Hall–Kier alpha value is -2.08. The van der Waals surface area contributed by atoms with Crippen molar-refractivity contribution in [2.45, 2.75) is 18.4 Å². The number of aromatic hydroxyl groups is 1. The van der Waals surface area contributed by atoms with E-state index in [9.17, 15) is 14.7 Å². The van der Waals surface area contributed by atoms with Crippen molar-refractivity contribution < 1.29 is 30.0 Å². The summed E-state index contributed by atoms with van der Waals surface area (Å²) in [5, 5.41) is 36.2. The van der Waals surface area contributed by atoms with Crippen LogP contribution >= 0.6 is 0 Å². The van der Waals surface area contributed by atoms with Gasteiger partial charge in [0.05, 0.1) is 6.42 Å². The van der Waals surface area contributed by atoms with Gasteiger partial charge in [-0.05, 0) is 17.7 Å². The smallest absolute Gasteiger partial charge is 0.336 e. The Morgan fingerprint density at radius 1 is 1.12 bits per heavy atom. The highest BCUT2D eigenvalue weighted by atomic mass is 16.4. The van der Waals surface area contributed by atoms with Crippen molar-refractivity contribution in [3.8, 4) is 5.75 Å². The van der Waals surface area contributed by atoms with Gasteiger partial charge in [0.1, 0.15) is 5.75 Å². The van der Waals surface area contributed by atoms with Crippen LogP contribution in [-0.2, 0) is 16.0 Å². The normalized spacial score (nSPS) is 13.9. The molecule has 0 saturated carbocycles. The lowest BCUT2D eigenvalue weighted by Crippen LogP contribution is -2.42. The van der Waals surface area contributed by atoms with Gasteiger partial charge in [0, 0.05) is 6.42 Å². The fourth-order valence-corrected chi connectivity index (χ4v) is 1.42. The van der Waals surface area contributed by atoms with Crippen LogP contribution in [-0.4, -0.2) is 38.0 Å². The summed E-state index contributed by atoms with van der Waals surface area (Å²) < 4.78 is 0. The molecule has 0 aromatic heterocycles. The van der Waals surface area contributed by atoms with Gasteiger partial charge in [0.25, 0.3) is 0 Å². The van der Waals surface area contributed by atoms with E-state index in [1.807, 2.05) is 0 Å². The molecule has 1 rings (SSSR count). The Balaban J connectivity index is 2.90.